The van der Waals surface area contributed by atoms with Crippen LogP contribution in [0.25, 0.3) is 0 Å². The van der Waals surface area contributed by atoms with E-state index in [0.717, 1.165) is 5.56 Å². The molecule has 0 aliphatic carbocycles. The van der Waals surface area contributed by atoms with Crippen molar-refractivity contribution in [1.82, 2.24) is 4.98 Å². The molecular formula is C26H22N2O4. The molecule has 1 amide bonds. The van der Waals surface area contributed by atoms with Crippen LogP contribution in [0, 0.1) is 0 Å². The second kappa shape index (κ2) is 10.1. The first-order valence-corrected chi connectivity index (χ1v) is 10.1. The lowest BCUT2D eigenvalue weighted by Gasteiger charge is -2.14. The van der Waals surface area contributed by atoms with Gasteiger partial charge in [-0.3, -0.25) is 9.78 Å². The first-order chi connectivity index (χ1) is 15.7. The molecule has 4 rings (SSSR count). The molecule has 6 heteroatoms. The van der Waals surface area contributed by atoms with Crippen LogP contribution in [-0.4, -0.2) is 18.0 Å². The van der Waals surface area contributed by atoms with Gasteiger partial charge in [-0.15, -0.1) is 0 Å². The molecule has 0 unspecified atom stereocenters. The van der Waals surface area contributed by atoms with Crippen molar-refractivity contribution in [3.8, 4) is 23.0 Å². The highest BCUT2D eigenvalue weighted by Gasteiger charge is 2.15. The molecule has 6 nitrogen and oxygen atoms in total. The predicted octanol–water partition coefficient (Wildman–Crippen LogP) is 5.71. The van der Waals surface area contributed by atoms with E-state index in [0.29, 0.717) is 40.9 Å². The van der Waals surface area contributed by atoms with E-state index >= 15 is 0 Å². The maximum atomic E-state index is 13.0. The van der Waals surface area contributed by atoms with Crippen LogP contribution in [0.1, 0.15) is 15.9 Å². The summed E-state index contributed by atoms with van der Waals surface area (Å²) in [6.07, 6.45) is 3.45. The SMILES string of the molecule is COc1ccc(NC(=O)c2ccccc2Oc2ccccc2)cc1OCc1cccnc1. The van der Waals surface area contributed by atoms with Crippen LogP contribution in [0.5, 0.6) is 23.0 Å². The van der Waals surface area contributed by atoms with Gasteiger partial charge in [0, 0.05) is 29.7 Å². The van der Waals surface area contributed by atoms with Gasteiger partial charge in [-0.2, -0.15) is 0 Å². The highest BCUT2D eigenvalue weighted by Crippen LogP contribution is 2.32. The number of benzene rings is 3. The number of hydrogen-bond acceptors (Lipinski definition) is 5. The smallest absolute Gasteiger partial charge is 0.259 e. The zero-order valence-corrected chi connectivity index (χ0v) is 17.5. The number of hydrogen-bond donors (Lipinski definition) is 1. The standard InChI is InChI=1S/C26H22N2O4/c1-30-24-14-13-20(16-25(24)31-18-19-8-7-15-27-17-19)28-26(29)22-11-5-6-12-23(22)32-21-9-3-2-4-10-21/h2-17H,18H2,1H3,(H,28,29). The summed E-state index contributed by atoms with van der Waals surface area (Å²) >= 11 is 0. The summed E-state index contributed by atoms with van der Waals surface area (Å²) in [6, 6.07) is 25.5. The van der Waals surface area contributed by atoms with Crippen molar-refractivity contribution in [3.63, 3.8) is 0 Å². The van der Waals surface area contributed by atoms with Gasteiger partial charge in [0.05, 0.1) is 12.7 Å². The van der Waals surface area contributed by atoms with Crippen LogP contribution < -0.4 is 19.5 Å². The van der Waals surface area contributed by atoms with Crippen molar-refractivity contribution in [2.75, 3.05) is 12.4 Å². The van der Waals surface area contributed by atoms with E-state index in [9.17, 15) is 4.79 Å². The van der Waals surface area contributed by atoms with E-state index in [1.165, 1.54) is 0 Å². The minimum atomic E-state index is -0.292. The Kier molecular flexibility index (Phi) is 6.63. The fourth-order valence-corrected chi connectivity index (χ4v) is 3.07. The molecule has 0 fully saturated rings. The van der Waals surface area contributed by atoms with Gasteiger partial charge >= 0.3 is 0 Å². The lowest BCUT2D eigenvalue weighted by Crippen LogP contribution is -2.13. The Morgan fingerprint density at radius 2 is 1.69 bits per heavy atom. The average Bonchev–Trinajstić information content (AvgIpc) is 2.84. The molecular weight excluding hydrogens is 404 g/mol. The number of rotatable bonds is 8. The fraction of sp³-hybridized carbons (Fsp3) is 0.0769. The lowest BCUT2D eigenvalue weighted by atomic mass is 10.1. The number of para-hydroxylation sites is 2. The monoisotopic (exact) mass is 426 g/mol. The third-order valence-corrected chi connectivity index (χ3v) is 4.64. The van der Waals surface area contributed by atoms with Crippen molar-refractivity contribution in [2.45, 2.75) is 6.61 Å². The Morgan fingerprint density at radius 1 is 0.875 bits per heavy atom. The van der Waals surface area contributed by atoms with Crippen LogP contribution in [-0.2, 0) is 6.61 Å². The zero-order valence-electron chi connectivity index (χ0n) is 17.5. The van der Waals surface area contributed by atoms with Gasteiger partial charge < -0.3 is 19.5 Å². The molecule has 0 aliphatic heterocycles. The molecule has 3 aromatic carbocycles. The molecule has 0 saturated carbocycles. The number of nitrogens with zero attached hydrogens (tertiary/aromatic N) is 1. The molecule has 0 aliphatic rings. The minimum absolute atomic E-state index is 0.292. The summed E-state index contributed by atoms with van der Waals surface area (Å²) in [6.45, 7) is 0.329. The molecule has 0 bridgehead atoms. The van der Waals surface area contributed by atoms with Gasteiger partial charge in [-0.1, -0.05) is 36.4 Å². The summed E-state index contributed by atoms with van der Waals surface area (Å²) in [5.74, 6) is 1.92. The van der Waals surface area contributed by atoms with Crippen molar-refractivity contribution >= 4 is 11.6 Å². The molecule has 0 radical (unpaired) electrons. The average molecular weight is 426 g/mol. The van der Waals surface area contributed by atoms with Crippen LogP contribution in [0.4, 0.5) is 5.69 Å². The Labute approximate surface area is 186 Å². The van der Waals surface area contributed by atoms with Crippen LogP contribution in [0.15, 0.2) is 97.3 Å². The number of anilines is 1. The van der Waals surface area contributed by atoms with Crippen LogP contribution in [0.3, 0.4) is 0 Å². The predicted molar refractivity (Wildman–Crippen MR) is 122 cm³/mol. The van der Waals surface area contributed by atoms with E-state index in [-0.39, 0.29) is 5.91 Å². The number of carbonyl (C=O) groups excluding carboxylic acids is 1. The number of amides is 1. The Morgan fingerprint density at radius 3 is 2.47 bits per heavy atom. The highest BCUT2D eigenvalue weighted by atomic mass is 16.5. The summed E-state index contributed by atoms with van der Waals surface area (Å²) in [4.78, 5) is 17.1. The third kappa shape index (κ3) is 5.23. The van der Waals surface area contributed by atoms with Gasteiger partial charge in [-0.05, 0) is 42.5 Å². The van der Waals surface area contributed by atoms with E-state index in [1.54, 1.807) is 55.9 Å². The number of nitrogens with one attached hydrogen (secondary N) is 1. The summed E-state index contributed by atoms with van der Waals surface area (Å²) in [5.41, 5.74) is 1.92. The summed E-state index contributed by atoms with van der Waals surface area (Å²) in [7, 11) is 1.57. The first-order valence-electron chi connectivity index (χ1n) is 10.1. The van der Waals surface area contributed by atoms with E-state index in [4.69, 9.17) is 14.2 Å². The Bertz CT molecular complexity index is 1180. The lowest BCUT2D eigenvalue weighted by molar-refractivity contribution is 0.102. The molecule has 160 valence electrons. The second-order valence-electron chi connectivity index (χ2n) is 6.88. The number of aromatic nitrogens is 1. The number of ether oxygens (including phenoxy) is 3. The summed E-state index contributed by atoms with van der Waals surface area (Å²) in [5, 5.41) is 2.91. The molecule has 1 aromatic heterocycles. The van der Waals surface area contributed by atoms with Gasteiger partial charge in [-0.25, -0.2) is 0 Å². The maximum Gasteiger partial charge on any atom is 0.259 e. The molecule has 4 aromatic rings. The van der Waals surface area contributed by atoms with Crippen molar-refractivity contribution in [3.05, 3.63) is 108 Å². The largest absolute Gasteiger partial charge is 0.493 e. The highest BCUT2D eigenvalue weighted by molar-refractivity contribution is 6.06. The molecule has 32 heavy (non-hydrogen) atoms. The molecule has 1 N–H and O–H groups in total. The van der Waals surface area contributed by atoms with Crippen molar-refractivity contribution in [2.24, 2.45) is 0 Å². The van der Waals surface area contributed by atoms with Crippen molar-refractivity contribution in [1.29, 1.82) is 0 Å². The number of carbonyl (C=O) groups is 1. The first kappa shape index (κ1) is 20.9. The third-order valence-electron chi connectivity index (χ3n) is 4.64. The van der Waals surface area contributed by atoms with E-state index < -0.39 is 0 Å². The molecule has 1 heterocycles. The maximum absolute atomic E-state index is 13.0. The number of pyridine rings is 1. The van der Waals surface area contributed by atoms with Gasteiger partial charge in [0.1, 0.15) is 18.1 Å². The Balaban J connectivity index is 1.51. The van der Waals surface area contributed by atoms with Gasteiger partial charge in [0.25, 0.3) is 5.91 Å². The molecule has 0 saturated heterocycles. The minimum Gasteiger partial charge on any atom is -0.493 e. The van der Waals surface area contributed by atoms with E-state index in [2.05, 4.69) is 10.3 Å². The molecule has 0 atom stereocenters. The van der Waals surface area contributed by atoms with Crippen LogP contribution in [0.2, 0.25) is 0 Å². The second-order valence-corrected chi connectivity index (χ2v) is 6.88. The van der Waals surface area contributed by atoms with Gasteiger partial charge in [0.15, 0.2) is 11.5 Å². The van der Waals surface area contributed by atoms with E-state index in [1.807, 2.05) is 48.5 Å². The summed E-state index contributed by atoms with van der Waals surface area (Å²) < 4.78 is 17.2. The normalized spacial score (nSPS) is 10.3. The Hall–Kier alpha value is -4.32. The van der Waals surface area contributed by atoms with Crippen molar-refractivity contribution < 1.29 is 19.0 Å². The van der Waals surface area contributed by atoms with Crippen LogP contribution >= 0.6 is 0 Å². The zero-order chi connectivity index (χ0) is 22.2. The topological polar surface area (TPSA) is 69.7 Å². The molecule has 0 spiro atoms. The number of methoxy groups -OCH3 is 1. The quantitative estimate of drug-likeness (QED) is 0.391. The fourth-order valence-electron chi connectivity index (χ4n) is 3.07. The van der Waals surface area contributed by atoms with Gasteiger partial charge in [0.2, 0.25) is 0 Å².